The van der Waals surface area contributed by atoms with Crippen molar-refractivity contribution in [1.29, 1.82) is 0 Å². The molecule has 27 heavy (non-hydrogen) atoms. The van der Waals surface area contributed by atoms with Gasteiger partial charge in [0, 0.05) is 31.4 Å². The number of amides is 1. The lowest BCUT2D eigenvalue weighted by Gasteiger charge is -2.17. The Kier molecular flexibility index (Phi) is 4.87. The van der Waals surface area contributed by atoms with E-state index >= 15 is 0 Å². The Bertz CT molecular complexity index is 931. The predicted molar refractivity (Wildman–Crippen MR) is 101 cm³/mol. The van der Waals surface area contributed by atoms with Crippen molar-refractivity contribution in [3.8, 4) is 11.3 Å². The van der Waals surface area contributed by atoms with Crippen LogP contribution in [-0.4, -0.2) is 24.2 Å². The molecular formula is C21H20FN3O2. The van der Waals surface area contributed by atoms with Crippen LogP contribution in [0.4, 0.5) is 10.1 Å². The third-order valence-electron chi connectivity index (χ3n) is 4.74. The van der Waals surface area contributed by atoms with Gasteiger partial charge in [0.15, 0.2) is 11.5 Å². The van der Waals surface area contributed by atoms with E-state index in [0.29, 0.717) is 6.54 Å². The molecule has 1 aliphatic rings. The van der Waals surface area contributed by atoms with Gasteiger partial charge in [-0.25, -0.2) is 4.39 Å². The fourth-order valence-electron chi connectivity index (χ4n) is 3.24. The minimum Gasteiger partial charge on any atom is -0.372 e. The molecule has 0 saturated carbocycles. The van der Waals surface area contributed by atoms with Gasteiger partial charge in [-0.05, 0) is 42.7 Å². The molecule has 1 aliphatic heterocycles. The predicted octanol–water partition coefficient (Wildman–Crippen LogP) is 4.01. The summed E-state index contributed by atoms with van der Waals surface area (Å²) in [4.78, 5) is 14.7. The molecule has 1 N–H and O–H groups in total. The second-order valence-electron chi connectivity index (χ2n) is 6.60. The normalized spacial score (nSPS) is 13.7. The Morgan fingerprint density at radius 1 is 1.11 bits per heavy atom. The summed E-state index contributed by atoms with van der Waals surface area (Å²) in [6, 6.07) is 15.9. The van der Waals surface area contributed by atoms with E-state index in [2.05, 4.69) is 27.5 Å². The molecule has 2 heterocycles. The molecule has 0 aliphatic carbocycles. The molecule has 1 aromatic heterocycles. The van der Waals surface area contributed by atoms with Gasteiger partial charge in [-0.1, -0.05) is 29.4 Å². The lowest BCUT2D eigenvalue weighted by molar-refractivity contribution is 0.0942. The third kappa shape index (κ3) is 3.84. The number of rotatable bonds is 5. The first-order valence-corrected chi connectivity index (χ1v) is 9.04. The van der Waals surface area contributed by atoms with E-state index in [0.717, 1.165) is 18.7 Å². The van der Waals surface area contributed by atoms with Gasteiger partial charge in [-0.2, -0.15) is 0 Å². The number of anilines is 1. The van der Waals surface area contributed by atoms with Crippen LogP contribution in [0.15, 0.2) is 59.1 Å². The lowest BCUT2D eigenvalue weighted by Crippen LogP contribution is -2.23. The number of benzene rings is 2. The topological polar surface area (TPSA) is 58.4 Å². The molecule has 0 spiro atoms. The summed E-state index contributed by atoms with van der Waals surface area (Å²) in [5.41, 5.74) is 2.63. The maximum absolute atomic E-state index is 13.8. The highest BCUT2D eigenvalue weighted by atomic mass is 19.1. The average molecular weight is 365 g/mol. The van der Waals surface area contributed by atoms with Crippen molar-refractivity contribution in [2.75, 3.05) is 18.0 Å². The molecule has 4 rings (SSSR count). The largest absolute Gasteiger partial charge is 0.372 e. The number of hydrogen-bond acceptors (Lipinski definition) is 4. The molecule has 0 radical (unpaired) electrons. The van der Waals surface area contributed by atoms with Gasteiger partial charge in [0.05, 0.1) is 5.56 Å². The van der Waals surface area contributed by atoms with Crippen LogP contribution in [0.25, 0.3) is 11.3 Å². The van der Waals surface area contributed by atoms with Crippen molar-refractivity contribution < 1.29 is 13.7 Å². The number of carbonyl (C=O) groups excluding carboxylic acids is 1. The van der Waals surface area contributed by atoms with Crippen molar-refractivity contribution in [3.05, 3.63) is 71.7 Å². The van der Waals surface area contributed by atoms with E-state index in [1.807, 2.05) is 12.1 Å². The quantitative estimate of drug-likeness (QED) is 0.742. The summed E-state index contributed by atoms with van der Waals surface area (Å²) in [6.45, 7) is 2.60. The van der Waals surface area contributed by atoms with Crippen LogP contribution >= 0.6 is 0 Å². The molecule has 1 fully saturated rings. The zero-order chi connectivity index (χ0) is 18.6. The van der Waals surface area contributed by atoms with E-state index in [9.17, 15) is 9.18 Å². The number of halogens is 1. The molecule has 2 aromatic carbocycles. The van der Waals surface area contributed by atoms with E-state index < -0.39 is 5.82 Å². The van der Waals surface area contributed by atoms with Gasteiger partial charge in [0.2, 0.25) is 0 Å². The lowest BCUT2D eigenvalue weighted by atomic mass is 10.1. The second kappa shape index (κ2) is 7.61. The zero-order valence-electron chi connectivity index (χ0n) is 14.8. The fraction of sp³-hybridized carbons (Fsp3) is 0.238. The Morgan fingerprint density at radius 3 is 2.59 bits per heavy atom. The van der Waals surface area contributed by atoms with Crippen molar-refractivity contribution in [2.24, 2.45) is 0 Å². The summed E-state index contributed by atoms with van der Waals surface area (Å²) < 4.78 is 18.9. The summed E-state index contributed by atoms with van der Waals surface area (Å²) in [5, 5.41) is 6.57. The molecule has 1 saturated heterocycles. The molecule has 138 valence electrons. The first-order chi connectivity index (χ1) is 13.2. The van der Waals surface area contributed by atoms with Gasteiger partial charge in [0.1, 0.15) is 5.82 Å². The SMILES string of the molecule is O=C(NCc1ccc(N2CCCC2)cc1)c1cc(-c2ccccc2F)on1. The van der Waals surface area contributed by atoms with Crippen molar-refractivity contribution in [2.45, 2.75) is 19.4 Å². The van der Waals surface area contributed by atoms with Crippen LogP contribution in [0.1, 0.15) is 28.9 Å². The van der Waals surface area contributed by atoms with E-state index in [4.69, 9.17) is 4.52 Å². The van der Waals surface area contributed by atoms with Gasteiger partial charge in [0.25, 0.3) is 5.91 Å². The maximum atomic E-state index is 13.8. The van der Waals surface area contributed by atoms with Crippen LogP contribution < -0.4 is 10.2 Å². The van der Waals surface area contributed by atoms with Crippen LogP contribution in [0.5, 0.6) is 0 Å². The van der Waals surface area contributed by atoms with E-state index in [1.165, 1.54) is 30.7 Å². The van der Waals surface area contributed by atoms with Gasteiger partial charge < -0.3 is 14.7 Å². The summed E-state index contributed by atoms with van der Waals surface area (Å²) in [7, 11) is 0. The summed E-state index contributed by atoms with van der Waals surface area (Å²) >= 11 is 0. The fourth-order valence-corrected chi connectivity index (χ4v) is 3.24. The van der Waals surface area contributed by atoms with Crippen LogP contribution in [0.2, 0.25) is 0 Å². The van der Waals surface area contributed by atoms with Gasteiger partial charge >= 0.3 is 0 Å². The molecule has 6 heteroatoms. The summed E-state index contributed by atoms with van der Waals surface area (Å²) in [6.07, 6.45) is 2.48. The van der Waals surface area contributed by atoms with Crippen LogP contribution in [0.3, 0.4) is 0 Å². The molecule has 5 nitrogen and oxygen atoms in total. The van der Waals surface area contributed by atoms with E-state index in [1.54, 1.807) is 18.2 Å². The Labute approximate surface area is 156 Å². The highest BCUT2D eigenvalue weighted by Crippen LogP contribution is 2.23. The molecule has 0 bridgehead atoms. The first-order valence-electron chi connectivity index (χ1n) is 9.04. The van der Waals surface area contributed by atoms with Crippen molar-refractivity contribution in [1.82, 2.24) is 10.5 Å². The van der Waals surface area contributed by atoms with Crippen molar-refractivity contribution >= 4 is 11.6 Å². The average Bonchev–Trinajstić information content (AvgIpc) is 3.39. The van der Waals surface area contributed by atoms with Crippen molar-refractivity contribution in [3.63, 3.8) is 0 Å². The summed E-state index contributed by atoms with van der Waals surface area (Å²) in [5.74, 6) is -0.545. The molecule has 1 amide bonds. The first kappa shape index (κ1) is 17.3. The highest BCUT2D eigenvalue weighted by Gasteiger charge is 2.16. The number of hydrogen-bond donors (Lipinski definition) is 1. The molecule has 0 unspecified atom stereocenters. The monoisotopic (exact) mass is 365 g/mol. The minimum atomic E-state index is -0.418. The highest BCUT2D eigenvalue weighted by molar-refractivity contribution is 5.93. The maximum Gasteiger partial charge on any atom is 0.273 e. The Hall–Kier alpha value is -3.15. The van der Waals surface area contributed by atoms with Gasteiger partial charge in [-0.3, -0.25) is 4.79 Å². The standard InChI is InChI=1S/C21H20FN3O2/c22-18-6-2-1-5-17(18)20-13-19(24-27-20)21(26)23-14-15-7-9-16(10-8-15)25-11-3-4-12-25/h1-2,5-10,13H,3-4,11-12,14H2,(H,23,26). The van der Waals surface area contributed by atoms with Crippen LogP contribution in [0, 0.1) is 5.82 Å². The number of carbonyl (C=O) groups is 1. The van der Waals surface area contributed by atoms with Gasteiger partial charge in [-0.15, -0.1) is 0 Å². The zero-order valence-corrected chi connectivity index (χ0v) is 14.8. The minimum absolute atomic E-state index is 0.127. The molecule has 3 aromatic rings. The number of nitrogens with zero attached hydrogens (tertiary/aromatic N) is 2. The number of nitrogens with one attached hydrogen (secondary N) is 1. The molecular weight excluding hydrogens is 345 g/mol. The third-order valence-corrected chi connectivity index (χ3v) is 4.74. The Morgan fingerprint density at radius 2 is 1.85 bits per heavy atom. The Balaban J connectivity index is 1.37. The van der Waals surface area contributed by atoms with Crippen LogP contribution in [-0.2, 0) is 6.54 Å². The number of aromatic nitrogens is 1. The second-order valence-corrected chi connectivity index (χ2v) is 6.60. The van der Waals surface area contributed by atoms with E-state index in [-0.39, 0.29) is 22.9 Å². The molecule has 0 atom stereocenters. The smallest absolute Gasteiger partial charge is 0.273 e.